The van der Waals surface area contributed by atoms with E-state index in [1.54, 1.807) is 11.0 Å². The first-order valence-electron chi connectivity index (χ1n) is 10.3. The predicted molar refractivity (Wildman–Crippen MR) is 119 cm³/mol. The zero-order valence-electron chi connectivity index (χ0n) is 17.9. The van der Waals surface area contributed by atoms with E-state index in [2.05, 4.69) is 6.07 Å². The number of esters is 1. The molecular formula is C25H28ClNO3. The zero-order chi connectivity index (χ0) is 21.8. The van der Waals surface area contributed by atoms with Crippen molar-refractivity contribution in [3.63, 3.8) is 0 Å². The molecular weight excluding hydrogens is 398 g/mol. The number of hydrogen-bond donors (Lipinski definition) is 0. The first-order chi connectivity index (χ1) is 14.3. The summed E-state index contributed by atoms with van der Waals surface area (Å²) in [7, 11) is 0. The molecule has 1 amide bonds. The molecule has 1 heterocycles. The van der Waals surface area contributed by atoms with E-state index < -0.39 is 5.92 Å². The van der Waals surface area contributed by atoms with Crippen LogP contribution >= 0.6 is 11.6 Å². The van der Waals surface area contributed by atoms with Crippen molar-refractivity contribution < 1.29 is 14.3 Å². The molecule has 158 valence electrons. The lowest BCUT2D eigenvalue weighted by molar-refractivity contribution is -0.141. The smallest absolute Gasteiger partial charge is 0.336 e. The van der Waals surface area contributed by atoms with Crippen LogP contribution in [0, 0.1) is 12.8 Å². The number of carbonyl (C=O) groups is 2. The van der Waals surface area contributed by atoms with Crippen molar-refractivity contribution in [2.75, 3.05) is 6.61 Å². The summed E-state index contributed by atoms with van der Waals surface area (Å²) in [6.07, 6.45) is 0.180. The predicted octanol–water partition coefficient (Wildman–Crippen LogP) is 5.64. The fourth-order valence-electron chi connectivity index (χ4n) is 3.80. The Morgan fingerprint density at radius 2 is 1.90 bits per heavy atom. The molecule has 0 saturated heterocycles. The third-order valence-corrected chi connectivity index (χ3v) is 5.64. The normalized spacial score (nSPS) is 16.9. The van der Waals surface area contributed by atoms with Crippen LogP contribution < -0.4 is 0 Å². The summed E-state index contributed by atoms with van der Waals surface area (Å²) in [6, 6.07) is 15.4. The largest absolute Gasteiger partial charge is 0.462 e. The molecule has 0 bridgehead atoms. The maximum Gasteiger partial charge on any atom is 0.336 e. The van der Waals surface area contributed by atoms with Crippen LogP contribution in [-0.4, -0.2) is 23.4 Å². The van der Waals surface area contributed by atoms with Gasteiger partial charge in [-0.15, -0.1) is 0 Å². The third-order valence-electron chi connectivity index (χ3n) is 5.29. The number of ether oxygens (including phenoxy) is 1. The maximum absolute atomic E-state index is 13.1. The van der Waals surface area contributed by atoms with Gasteiger partial charge in [0, 0.05) is 23.1 Å². The summed E-state index contributed by atoms with van der Waals surface area (Å²) in [5.74, 6) is -0.603. The second-order valence-corrected chi connectivity index (χ2v) is 8.65. The SMILES string of the molecule is CC1=C(C(=O)OCC(C)C)[C@H](c2ccccc2Cl)CC(=O)N1Cc1cccc(C)c1. The van der Waals surface area contributed by atoms with E-state index in [0.29, 0.717) is 29.4 Å². The molecule has 1 aliphatic rings. The minimum absolute atomic E-state index is 0.0284. The van der Waals surface area contributed by atoms with Gasteiger partial charge >= 0.3 is 5.97 Å². The zero-order valence-corrected chi connectivity index (χ0v) is 18.7. The highest BCUT2D eigenvalue weighted by atomic mass is 35.5. The Kier molecular flexibility index (Phi) is 6.99. The standard InChI is InChI=1S/C25H28ClNO3/c1-16(2)15-30-25(29)24-18(4)27(14-19-9-7-8-17(3)12-19)23(28)13-21(24)20-10-5-6-11-22(20)26/h5-12,16,21H,13-15H2,1-4H3/t21-/m0/s1. The maximum atomic E-state index is 13.1. The number of allylic oxidation sites excluding steroid dienone is 1. The van der Waals surface area contributed by atoms with Crippen LogP contribution in [0.25, 0.3) is 0 Å². The van der Waals surface area contributed by atoms with E-state index in [1.807, 2.05) is 64.1 Å². The Morgan fingerprint density at radius 1 is 1.17 bits per heavy atom. The lowest BCUT2D eigenvalue weighted by Crippen LogP contribution is -2.38. The second-order valence-electron chi connectivity index (χ2n) is 8.24. The number of carbonyl (C=O) groups excluding carboxylic acids is 2. The van der Waals surface area contributed by atoms with E-state index in [9.17, 15) is 9.59 Å². The van der Waals surface area contributed by atoms with E-state index in [4.69, 9.17) is 16.3 Å². The summed E-state index contributed by atoms with van der Waals surface area (Å²) in [5.41, 5.74) is 4.07. The van der Waals surface area contributed by atoms with Gasteiger partial charge in [0.05, 0.1) is 18.7 Å². The van der Waals surface area contributed by atoms with Gasteiger partial charge in [-0.05, 0) is 37.0 Å². The van der Waals surface area contributed by atoms with Crippen LogP contribution in [0.5, 0.6) is 0 Å². The van der Waals surface area contributed by atoms with Crippen LogP contribution in [0.1, 0.15) is 49.8 Å². The van der Waals surface area contributed by atoms with E-state index in [1.165, 1.54) is 0 Å². The lowest BCUT2D eigenvalue weighted by Gasteiger charge is -2.35. The Bertz CT molecular complexity index is 980. The summed E-state index contributed by atoms with van der Waals surface area (Å²) >= 11 is 6.43. The van der Waals surface area contributed by atoms with Gasteiger partial charge < -0.3 is 9.64 Å². The van der Waals surface area contributed by atoms with Gasteiger partial charge in [0.25, 0.3) is 0 Å². The number of aryl methyl sites for hydroxylation is 1. The monoisotopic (exact) mass is 425 g/mol. The molecule has 0 aliphatic carbocycles. The fourth-order valence-corrected chi connectivity index (χ4v) is 4.07. The van der Waals surface area contributed by atoms with Crippen molar-refractivity contribution in [1.29, 1.82) is 0 Å². The Hall–Kier alpha value is -2.59. The van der Waals surface area contributed by atoms with Gasteiger partial charge in [-0.3, -0.25) is 4.79 Å². The molecule has 5 heteroatoms. The third kappa shape index (κ3) is 4.93. The number of rotatable bonds is 6. The lowest BCUT2D eigenvalue weighted by atomic mass is 9.83. The molecule has 0 N–H and O–H groups in total. The average molecular weight is 426 g/mol. The van der Waals surface area contributed by atoms with Crippen molar-refractivity contribution in [2.45, 2.75) is 46.6 Å². The number of nitrogens with zero attached hydrogens (tertiary/aromatic N) is 1. The van der Waals surface area contributed by atoms with Crippen LogP contribution in [0.4, 0.5) is 0 Å². The van der Waals surface area contributed by atoms with Gasteiger partial charge in [0.15, 0.2) is 0 Å². The molecule has 4 nitrogen and oxygen atoms in total. The highest BCUT2D eigenvalue weighted by Gasteiger charge is 2.37. The molecule has 0 radical (unpaired) electrons. The number of hydrogen-bond acceptors (Lipinski definition) is 3. The van der Waals surface area contributed by atoms with Crippen molar-refractivity contribution in [3.05, 3.63) is 81.5 Å². The molecule has 3 rings (SSSR count). The molecule has 2 aromatic rings. The average Bonchev–Trinajstić information content (AvgIpc) is 2.69. The van der Waals surface area contributed by atoms with Gasteiger partial charge in [-0.1, -0.05) is 73.5 Å². The molecule has 0 aromatic heterocycles. The van der Waals surface area contributed by atoms with Crippen LogP contribution in [0.3, 0.4) is 0 Å². The first-order valence-corrected chi connectivity index (χ1v) is 10.6. The van der Waals surface area contributed by atoms with Gasteiger partial charge in [0.1, 0.15) is 0 Å². The van der Waals surface area contributed by atoms with E-state index >= 15 is 0 Å². The van der Waals surface area contributed by atoms with E-state index in [0.717, 1.165) is 16.7 Å². The molecule has 1 aliphatic heterocycles. The van der Waals surface area contributed by atoms with Gasteiger partial charge in [-0.25, -0.2) is 4.79 Å². The topological polar surface area (TPSA) is 46.6 Å². The minimum Gasteiger partial charge on any atom is -0.462 e. The molecule has 0 saturated carbocycles. The highest BCUT2D eigenvalue weighted by molar-refractivity contribution is 6.31. The Labute approximate surface area is 183 Å². The quantitative estimate of drug-likeness (QED) is 0.563. The van der Waals surface area contributed by atoms with Crippen molar-refractivity contribution >= 4 is 23.5 Å². The van der Waals surface area contributed by atoms with Gasteiger partial charge in [0.2, 0.25) is 5.91 Å². The van der Waals surface area contributed by atoms with Crippen LogP contribution in [0.15, 0.2) is 59.8 Å². The second kappa shape index (κ2) is 9.48. The van der Waals surface area contributed by atoms with Crippen LogP contribution in [-0.2, 0) is 20.9 Å². The minimum atomic E-state index is -0.417. The summed E-state index contributed by atoms with van der Waals surface area (Å²) in [5, 5.41) is 0.546. The van der Waals surface area contributed by atoms with Crippen molar-refractivity contribution in [3.8, 4) is 0 Å². The summed E-state index contributed by atoms with van der Waals surface area (Å²) in [4.78, 5) is 27.9. The molecule has 2 aromatic carbocycles. The van der Waals surface area contributed by atoms with E-state index in [-0.39, 0.29) is 24.2 Å². The molecule has 30 heavy (non-hydrogen) atoms. The summed E-state index contributed by atoms with van der Waals surface area (Å²) < 4.78 is 5.58. The van der Waals surface area contributed by atoms with Crippen molar-refractivity contribution in [2.24, 2.45) is 5.92 Å². The highest BCUT2D eigenvalue weighted by Crippen LogP contribution is 2.40. The number of benzene rings is 2. The fraction of sp³-hybridized carbons (Fsp3) is 0.360. The molecule has 0 fully saturated rings. The number of amides is 1. The molecule has 0 spiro atoms. The van der Waals surface area contributed by atoms with Crippen molar-refractivity contribution in [1.82, 2.24) is 4.90 Å². The number of halogens is 1. The van der Waals surface area contributed by atoms with Crippen LogP contribution in [0.2, 0.25) is 5.02 Å². The molecule has 0 unspecified atom stereocenters. The first kappa shape index (κ1) is 22.1. The summed E-state index contributed by atoms with van der Waals surface area (Å²) in [6.45, 7) is 8.58. The Morgan fingerprint density at radius 3 is 2.57 bits per heavy atom. The molecule has 1 atom stereocenters. The Balaban J connectivity index is 2.03. The van der Waals surface area contributed by atoms with Gasteiger partial charge in [-0.2, -0.15) is 0 Å².